The summed E-state index contributed by atoms with van der Waals surface area (Å²) >= 11 is 0. The van der Waals surface area contributed by atoms with Gasteiger partial charge in [-0.2, -0.15) is 0 Å². The van der Waals surface area contributed by atoms with Gasteiger partial charge in [-0.05, 0) is 12.8 Å². The number of hydrogen-bond acceptors (Lipinski definition) is 2. The second-order valence-electron chi connectivity index (χ2n) is 2.50. The third kappa shape index (κ3) is 1.76. The molecule has 1 saturated heterocycles. The molecule has 2 N–H and O–H groups in total. The van der Waals surface area contributed by atoms with Gasteiger partial charge in [-0.1, -0.05) is 6.58 Å². The van der Waals surface area contributed by atoms with Gasteiger partial charge in [0.25, 0.3) is 0 Å². The summed E-state index contributed by atoms with van der Waals surface area (Å²) < 4.78 is 0. The van der Waals surface area contributed by atoms with E-state index in [0.29, 0.717) is 6.04 Å². The molecule has 56 valence electrons. The number of piperidine rings is 1. The molecular weight excluding hydrogens is 128 g/mol. The predicted molar refractivity (Wildman–Crippen MR) is 39.4 cm³/mol. The molecule has 1 rings (SSSR count). The van der Waals surface area contributed by atoms with E-state index in [9.17, 15) is 4.79 Å². The van der Waals surface area contributed by atoms with Crippen LogP contribution in [0.1, 0.15) is 12.8 Å². The van der Waals surface area contributed by atoms with Crippen molar-refractivity contribution in [3.05, 3.63) is 12.3 Å². The minimum atomic E-state index is 0.294. The summed E-state index contributed by atoms with van der Waals surface area (Å²) in [6.45, 7) is 4.60. The molecule has 1 fully saturated rings. The molecule has 10 heavy (non-hydrogen) atoms. The average Bonchev–Trinajstić information content (AvgIpc) is 1.95. The van der Waals surface area contributed by atoms with Gasteiger partial charge in [-0.15, -0.1) is 0 Å². The Balaban J connectivity index is 2.25. The van der Waals surface area contributed by atoms with Crippen LogP contribution >= 0.6 is 0 Å². The van der Waals surface area contributed by atoms with Crippen molar-refractivity contribution in [2.75, 3.05) is 6.54 Å². The summed E-state index contributed by atoms with van der Waals surface area (Å²) in [6, 6.07) is 0.294. The van der Waals surface area contributed by atoms with Crippen LogP contribution in [0.2, 0.25) is 0 Å². The normalized spacial score (nSPS) is 25.2. The monoisotopic (exact) mass is 140 g/mol. The van der Waals surface area contributed by atoms with E-state index < -0.39 is 0 Å². The number of hydrogen-bond donors (Lipinski definition) is 2. The summed E-state index contributed by atoms with van der Waals surface area (Å²) in [5, 5.41) is 5.82. The number of amides is 1. The molecule has 0 spiro atoms. The van der Waals surface area contributed by atoms with Crippen molar-refractivity contribution < 1.29 is 4.79 Å². The quantitative estimate of drug-likeness (QED) is 0.530. The van der Waals surface area contributed by atoms with Crippen molar-refractivity contribution in [1.29, 1.82) is 0 Å². The first kappa shape index (κ1) is 7.12. The van der Waals surface area contributed by atoms with Crippen molar-refractivity contribution in [3.63, 3.8) is 0 Å². The first-order valence-electron chi connectivity index (χ1n) is 3.44. The largest absolute Gasteiger partial charge is 0.387 e. The molecule has 0 aromatic rings. The number of carbonyl (C=O) groups excluding carboxylic acids is 1. The fraction of sp³-hybridized carbons (Fsp3) is 0.571. The van der Waals surface area contributed by atoms with Gasteiger partial charge in [0.15, 0.2) is 0 Å². The van der Waals surface area contributed by atoms with Crippen LogP contribution in [0.5, 0.6) is 0 Å². The van der Waals surface area contributed by atoms with Crippen LogP contribution in [0.15, 0.2) is 12.3 Å². The molecular formula is C7H12N2O. The molecule has 0 aliphatic carbocycles. The maximum atomic E-state index is 9.99. The second-order valence-corrected chi connectivity index (χ2v) is 2.50. The molecule has 1 atom stereocenters. The molecule has 1 heterocycles. The maximum absolute atomic E-state index is 9.99. The molecule has 0 radical (unpaired) electrons. The van der Waals surface area contributed by atoms with E-state index in [1.807, 2.05) is 0 Å². The van der Waals surface area contributed by atoms with Crippen LogP contribution in [-0.4, -0.2) is 19.0 Å². The lowest BCUT2D eigenvalue weighted by Crippen LogP contribution is -2.41. The standard InChI is InChI=1S/C7H12N2O/c1-6-2-3-7(4-8-6)9-5-10/h5,7-8H,1-4H2,(H,9,10). The van der Waals surface area contributed by atoms with Crippen molar-refractivity contribution in [2.24, 2.45) is 0 Å². The van der Waals surface area contributed by atoms with Crippen LogP contribution < -0.4 is 10.6 Å². The van der Waals surface area contributed by atoms with Gasteiger partial charge in [0.1, 0.15) is 0 Å². The predicted octanol–water partition coefficient (Wildman–Crippen LogP) is -0.00190. The van der Waals surface area contributed by atoms with Gasteiger partial charge in [-0.3, -0.25) is 4.79 Å². The summed E-state index contributed by atoms with van der Waals surface area (Å²) in [4.78, 5) is 9.99. The molecule has 1 unspecified atom stereocenters. The summed E-state index contributed by atoms with van der Waals surface area (Å²) in [5.74, 6) is 0. The van der Waals surface area contributed by atoms with Crippen molar-refractivity contribution in [2.45, 2.75) is 18.9 Å². The van der Waals surface area contributed by atoms with Crippen molar-refractivity contribution in [3.8, 4) is 0 Å². The first-order chi connectivity index (χ1) is 4.83. The Morgan fingerprint density at radius 1 is 1.80 bits per heavy atom. The average molecular weight is 140 g/mol. The van der Waals surface area contributed by atoms with E-state index in [1.165, 1.54) is 0 Å². The third-order valence-electron chi connectivity index (χ3n) is 1.70. The van der Waals surface area contributed by atoms with Gasteiger partial charge in [0.2, 0.25) is 6.41 Å². The smallest absolute Gasteiger partial charge is 0.207 e. The zero-order valence-corrected chi connectivity index (χ0v) is 5.89. The van der Waals surface area contributed by atoms with Crippen molar-refractivity contribution >= 4 is 6.41 Å². The zero-order valence-electron chi connectivity index (χ0n) is 5.89. The fourth-order valence-corrected chi connectivity index (χ4v) is 1.04. The lowest BCUT2D eigenvalue weighted by Gasteiger charge is -2.24. The Labute approximate surface area is 60.5 Å². The van der Waals surface area contributed by atoms with Crippen LogP contribution in [-0.2, 0) is 4.79 Å². The topological polar surface area (TPSA) is 41.1 Å². The number of nitrogens with one attached hydrogen (secondary N) is 2. The molecule has 1 aliphatic heterocycles. The van der Waals surface area contributed by atoms with Gasteiger partial charge in [-0.25, -0.2) is 0 Å². The lowest BCUT2D eigenvalue weighted by atomic mass is 10.1. The zero-order chi connectivity index (χ0) is 7.40. The highest BCUT2D eigenvalue weighted by Crippen LogP contribution is 2.07. The molecule has 0 saturated carbocycles. The maximum Gasteiger partial charge on any atom is 0.207 e. The Morgan fingerprint density at radius 2 is 2.60 bits per heavy atom. The number of allylic oxidation sites excluding steroid dienone is 1. The minimum Gasteiger partial charge on any atom is -0.387 e. The Hall–Kier alpha value is -0.990. The van der Waals surface area contributed by atoms with Gasteiger partial charge in [0, 0.05) is 18.3 Å². The first-order valence-corrected chi connectivity index (χ1v) is 3.44. The SMILES string of the molecule is C=C1CCC(NC=O)CN1. The van der Waals surface area contributed by atoms with Crippen LogP contribution in [0.25, 0.3) is 0 Å². The third-order valence-corrected chi connectivity index (χ3v) is 1.70. The number of rotatable bonds is 2. The van der Waals surface area contributed by atoms with E-state index in [2.05, 4.69) is 17.2 Å². The van der Waals surface area contributed by atoms with E-state index in [1.54, 1.807) is 0 Å². The fourth-order valence-electron chi connectivity index (χ4n) is 1.04. The lowest BCUT2D eigenvalue weighted by molar-refractivity contribution is -0.110. The Morgan fingerprint density at radius 3 is 3.10 bits per heavy atom. The molecule has 3 heteroatoms. The molecule has 1 aliphatic rings. The van der Waals surface area contributed by atoms with Crippen molar-refractivity contribution in [1.82, 2.24) is 10.6 Å². The van der Waals surface area contributed by atoms with E-state index >= 15 is 0 Å². The minimum absolute atomic E-state index is 0.294. The van der Waals surface area contributed by atoms with E-state index in [4.69, 9.17) is 0 Å². The van der Waals surface area contributed by atoms with Crippen LogP contribution in [0.4, 0.5) is 0 Å². The summed E-state index contributed by atoms with van der Waals surface area (Å²) in [6.07, 6.45) is 2.72. The van der Waals surface area contributed by atoms with E-state index in [0.717, 1.165) is 31.5 Å². The summed E-state index contributed by atoms with van der Waals surface area (Å²) in [5.41, 5.74) is 1.07. The highest BCUT2D eigenvalue weighted by Gasteiger charge is 2.12. The Bertz CT molecular complexity index is 135. The molecule has 1 amide bonds. The van der Waals surface area contributed by atoms with Crippen LogP contribution in [0, 0.1) is 0 Å². The summed E-state index contributed by atoms with van der Waals surface area (Å²) in [7, 11) is 0. The highest BCUT2D eigenvalue weighted by molar-refractivity contribution is 5.46. The van der Waals surface area contributed by atoms with Crippen LogP contribution in [0.3, 0.4) is 0 Å². The van der Waals surface area contributed by atoms with Gasteiger partial charge < -0.3 is 10.6 Å². The molecule has 3 nitrogen and oxygen atoms in total. The molecule has 0 aromatic carbocycles. The number of carbonyl (C=O) groups is 1. The van der Waals surface area contributed by atoms with Gasteiger partial charge >= 0.3 is 0 Å². The van der Waals surface area contributed by atoms with Gasteiger partial charge in [0.05, 0.1) is 0 Å². The second kappa shape index (κ2) is 3.25. The Kier molecular flexibility index (Phi) is 2.31. The molecule has 0 aromatic heterocycles. The molecule has 0 bridgehead atoms. The highest BCUT2D eigenvalue weighted by atomic mass is 16.1. The van der Waals surface area contributed by atoms with E-state index in [-0.39, 0.29) is 0 Å².